The summed E-state index contributed by atoms with van der Waals surface area (Å²) in [4.78, 5) is 12.0. The van der Waals surface area contributed by atoms with E-state index >= 15 is 0 Å². The van der Waals surface area contributed by atoms with E-state index in [9.17, 15) is 9.18 Å². The molecule has 0 aliphatic heterocycles. The van der Waals surface area contributed by atoms with E-state index in [1.807, 2.05) is 13.8 Å². The molecule has 106 valence electrons. The molecule has 4 heteroatoms. The molecular formula is C15H22FNO2. The Balaban J connectivity index is 2.59. The summed E-state index contributed by atoms with van der Waals surface area (Å²) in [7, 11) is 0. The Labute approximate surface area is 113 Å². The van der Waals surface area contributed by atoms with E-state index in [2.05, 4.69) is 5.32 Å². The fraction of sp³-hybridized carbons (Fsp3) is 0.533. The summed E-state index contributed by atoms with van der Waals surface area (Å²) in [6.07, 6.45) is 0.627. The molecule has 0 aromatic heterocycles. The number of halogens is 1. The van der Waals surface area contributed by atoms with Crippen LogP contribution in [0.15, 0.2) is 24.3 Å². The first-order valence-electron chi connectivity index (χ1n) is 6.50. The third kappa shape index (κ3) is 4.99. The topological polar surface area (TPSA) is 49.3 Å². The van der Waals surface area contributed by atoms with E-state index in [1.54, 1.807) is 19.1 Å². The molecule has 19 heavy (non-hydrogen) atoms. The van der Waals surface area contributed by atoms with Gasteiger partial charge in [0.2, 0.25) is 5.91 Å². The molecule has 0 aliphatic carbocycles. The van der Waals surface area contributed by atoms with Crippen molar-refractivity contribution in [2.24, 2.45) is 5.41 Å². The summed E-state index contributed by atoms with van der Waals surface area (Å²) < 4.78 is 13.1. The lowest BCUT2D eigenvalue weighted by Crippen LogP contribution is -2.36. The van der Waals surface area contributed by atoms with Crippen LogP contribution in [0, 0.1) is 11.2 Å². The Morgan fingerprint density at radius 2 is 2.16 bits per heavy atom. The number of aliphatic hydroxyl groups is 1. The predicted octanol–water partition coefficient (Wildman–Crippen LogP) is 2.45. The number of hydrogen-bond acceptors (Lipinski definition) is 2. The van der Waals surface area contributed by atoms with Crippen molar-refractivity contribution in [3.05, 3.63) is 35.6 Å². The second kappa shape index (κ2) is 6.66. The van der Waals surface area contributed by atoms with Gasteiger partial charge in [-0.15, -0.1) is 0 Å². The second-order valence-corrected chi connectivity index (χ2v) is 5.63. The van der Waals surface area contributed by atoms with Gasteiger partial charge in [-0.05, 0) is 36.5 Å². The smallest absolute Gasteiger partial charge is 0.227 e. The van der Waals surface area contributed by atoms with Crippen molar-refractivity contribution in [3.63, 3.8) is 0 Å². The van der Waals surface area contributed by atoms with Crippen molar-refractivity contribution in [1.29, 1.82) is 0 Å². The van der Waals surface area contributed by atoms with E-state index in [4.69, 9.17) is 5.11 Å². The number of benzene rings is 1. The molecule has 1 unspecified atom stereocenters. The molecule has 0 radical (unpaired) electrons. The number of carbonyl (C=O) groups excluding carboxylic acids is 1. The number of aliphatic hydroxyl groups excluding tert-OH is 1. The lowest BCUT2D eigenvalue weighted by Gasteiger charge is -2.25. The van der Waals surface area contributed by atoms with Gasteiger partial charge in [-0.25, -0.2) is 4.39 Å². The van der Waals surface area contributed by atoms with E-state index in [1.165, 1.54) is 12.1 Å². The van der Waals surface area contributed by atoms with Crippen molar-refractivity contribution in [3.8, 4) is 0 Å². The van der Waals surface area contributed by atoms with E-state index in [-0.39, 0.29) is 29.7 Å². The van der Waals surface area contributed by atoms with Gasteiger partial charge in [0.25, 0.3) is 0 Å². The standard InChI is InChI=1S/C15H22FNO2/c1-11(12-5-4-6-13(16)9-12)14(19)17-10-15(2,3)7-8-18/h4-6,9,11,18H,7-8,10H2,1-3H3,(H,17,19). The van der Waals surface area contributed by atoms with Gasteiger partial charge in [-0.3, -0.25) is 4.79 Å². The first-order valence-corrected chi connectivity index (χ1v) is 6.50. The predicted molar refractivity (Wildman–Crippen MR) is 73.3 cm³/mol. The fourth-order valence-electron chi connectivity index (χ4n) is 1.80. The highest BCUT2D eigenvalue weighted by molar-refractivity contribution is 5.83. The first kappa shape index (κ1) is 15.6. The minimum absolute atomic E-state index is 0.0995. The molecule has 0 fully saturated rings. The summed E-state index contributed by atoms with van der Waals surface area (Å²) in [6.45, 7) is 6.31. The van der Waals surface area contributed by atoms with E-state index in [0.29, 0.717) is 18.5 Å². The molecule has 3 nitrogen and oxygen atoms in total. The molecule has 0 aliphatic rings. The van der Waals surface area contributed by atoms with Crippen LogP contribution >= 0.6 is 0 Å². The highest BCUT2D eigenvalue weighted by Gasteiger charge is 2.21. The van der Waals surface area contributed by atoms with Crippen LogP contribution in [0.3, 0.4) is 0 Å². The zero-order valence-electron chi connectivity index (χ0n) is 11.7. The third-order valence-corrected chi connectivity index (χ3v) is 3.27. The van der Waals surface area contributed by atoms with Crippen LogP contribution in [0.5, 0.6) is 0 Å². The lowest BCUT2D eigenvalue weighted by atomic mass is 9.89. The Morgan fingerprint density at radius 1 is 1.47 bits per heavy atom. The van der Waals surface area contributed by atoms with Gasteiger partial charge >= 0.3 is 0 Å². The molecule has 0 saturated carbocycles. The van der Waals surface area contributed by atoms with Crippen molar-refractivity contribution in [2.45, 2.75) is 33.1 Å². The summed E-state index contributed by atoms with van der Waals surface area (Å²) >= 11 is 0. The monoisotopic (exact) mass is 267 g/mol. The quantitative estimate of drug-likeness (QED) is 0.831. The summed E-state index contributed by atoms with van der Waals surface area (Å²) in [5.74, 6) is -0.852. The van der Waals surface area contributed by atoms with Gasteiger partial charge in [-0.2, -0.15) is 0 Å². The maximum atomic E-state index is 13.1. The Morgan fingerprint density at radius 3 is 2.74 bits per heavy atom. The molecule has 1 atom stereocenters. The zero-order chi connectivity index (χ0) is 14.5. The van der Waals surface area contributed by atoms with E-state index < -0.39 is 0 Å². The molecule has 1 aromatic rings. The van der Waals surface area contributed by atoms with Gasteiger partial charge in [0.05, 0.1) is 5.92 Å². The van der Waals surface area contributed by atoms with Crippen LogP contribution in [-0.2, 0) is 4.79 Å². The van der Waals surface area contributed by atoms with Crippen molar-refractivity contribution in [2.75, 3.05) is 13.2 Å². The van der Waals surface area contributed by atoms with Crippen molar-refractivity contribution < 1.29 is 14.3 Å². The average molecular weight is 267 g/mol. The van der Waals surface area contributed by atoms with Gasteiger partial charge in [0, 0.05) is 13.2 Å². The highest BCUT2D eigenvalue weighted by atomic mass is 19.1. The maximum absolute atomic E-state index is 13.1. The SMILES string of the molecule is CC(C(=O)NCC(C)(C)CCO)c1cccc(F)c1. The fourth-order valence-corrected chi connectivity index (χ4v) is 1.80. The van der Waals surface area contributed by atoms with Crippen LogP contribution < -0.4 is 5.32 Å². The Bertz CT molecular complexity index is 432. The van der Waals surface area contributed by atoms with E-state index in [0.717, 1.165) is 0 Å². The number of nitrogens with one attached hydrogen (secondary N) is 1. The van der Waals surface area contributed by atoms with Gasteiger partial charge in [-0.1, -0.05) is 26.0 Å². The maximum Gasteiger partial charge on any atom is 0.227 e. The molecule has 0 bridgehead atoms. The minimum atomic E-state index is -0.388. The van der Waals surface area contributed by atoms with Crippen LogP contribution in [-0.4, -0.2) is 24.2 Å². The second-order valence-electron chi connectivity index (χ2n) is 5.63. The molecule has 1 amide bonds. The average Bonchev–Trinajstić information content (AvgIpc) is 2.35. The van der Waals surface area contributed by atoms with Crippen molar-refractivity contribution >= 4 is 5.91 Å². The normalized spacial score (nSPS) is 13.1. The Kier molecular flexibility index (Phi) is 5.48. The van der Waals surface area contributed by atoms with Crippen molar-refractivity contribution in [1.82, 2.24) is 5.32 Å². The first-order chi connectivity index (χ1) is 8.85. The largest absolute Gasteiger partial charge is 0.396 e. The molecule has 1 rings (SSSR count). The Hall–Kier alpha value is -1.42. The number of carbonyl (C=O) groups is 1. The molecule has 1 aromatic carbocycles. The molecule has 0 saturated heterocycles. The van der Waals surface area contributed by atoms with Gasteiger partial charge in [0.1, 0.15) is 5.82 Å². The summed E-state index contributed by atoms with van der Waals surface area (Å²) in [5, 5.41) is 11.8. The van der Waals surface area contributed by atoms with Gasteiger partial charge in [0.15, 0.2) is 0 Å². The molecule has 2 N–H and O–H groups in total. The van der Waals surface area contributed by atoms with Crippen LogP contribution in [0.2, 0.25) is 0 Å². The minimum Gasteiger partial charge on any atom is -0.396 e. The summed E-state index contributed by atoms with van der Waals surface area (Å²) in [6, 6.07) is 6.08. The summed E-state index contributed by atoms with van der Waals surface area (Å²) in [5.41, 5.74) is 0.518. The van der Waals surface area contributed by atoms with Gasteiger partial charge < -0.3 is 10.4 Å². The molecule has 0 heterocycles. The molecular weight excluding hydrogens is 245 g/mol. The van der Waals surface area contributed by atoms with Crippen LogP contribution in [0.1, 0.15) is 38.7 Å². The molecule has 0 spiro atoms. The lowest BCUT2D eigenvalue weighted by molar-refractivity contribution is -0.122. The van der Waals surface area contributed by atoms with Crippen LogP contribution in [0.25, 0.3) is 0 Å². The zero-order valence-corrected chi connectivity index (χ0v) is 11.7. The highest BCUT2D eigenvalue weighted by Crippen LogP contribution is 2.20. The van der Waals surface area contributed by atoms with Crippen LogP contribution in [0.4, 0.5) is 4.39 Å². The number of amides is 1. The third-order valence-electron chi connectivity index (χ3n) is 3.27. The number of hydrogen-bond donors (Lipinski definition) is 2. The number of rotatable bonds is 6.